The van der Waals surface area contributed by atoms with E-state index in [0.717, 1.165) is 11.8 Å². The molecule has 1 fully saturated rings. The van der Waals surface area contributed by atoms with E-state index in [-0.39, 0.29) is 17.7 Å². The van der Waals surface area contributed by atoms with Gasteiger partial charge in [0.1, 0.15) is 0 Å². The Balaban J connectivity index is 2.31. The van der Waals surface area contributed by atoms with Crippen molar-refractivity contribution in [2.75, 3.05) is 34.5 Å². The topological polar surface area (TPSA) is 65.1 Å². The first-order valence-electron chi connectivity index (χ1n) is 6.57. The number of methoxy groups -OCH3 is 3. The van der Waals surface area contributed by atoms with Crippen molar-refractivity contribution in [3.8, 4) is 11.5 Å². The predicted molar refractivity (Wildman–Crippen MR) is 84.1 cm³/mol. The van der Waals surface area contributed by atoms with Crippen molar-refractivity contribution in [2.45, 2.75) is 0 Å². The summed E-state index contributed by atoms with van der Waals surface area (Å²) in [4.78, 5) is 25.7. The van der Waals surface area contributed by atoms with Crippen molar-refractivity contribution in [1.82, 2.24) is 4.90 Å². The van der Waals surface area contributed by atoms with Crippen LogP contribution in [0.15, 0.2) is 23.1 Å². The number of ether oxygens (including phenoxy) is 3. The molecular formula is C15H17NO5S. The molecule has 0 atom stereocenters. The molecule has 0 aromatic heterocycles. The molecule has 1 heterocycles. The molecule has 1 aromatic rings. The lowest BCUT2D eigenvalue weighted by Gasteiger charge is -2.11. The molecule has 0 saturated carbocycles. The Labute approximate surface area is 133 Å². The zero-order valence-electron chi connectivity index (χ0n) is 12.6. The van der Waals surface area contributed by atoms with Crippen LogP contribution >= 0.6 is 11.8 Å². The number of hydrogen-bond donors (Lipinski definition) is 0. The second-order valence-electron chi connectivity index (χ2n) is 4.41. The van der Waals surface area contributed by atoms with E-state index in [0.29, 0.717) is 28.6 Å². The third kappa shape index (κ3) is 3.26. The fourth-order valence-corrected chi connectivity index (χ4v) is 2.90. The largest absolute Gasteiger partial charge is 0.493 e. The Morgan fingerprint density at radius 1 is 1.18 bits per heavy atom. The minimum Gasteiger partial charge on any atom is -0.493 e. The molecule has 0 aliphatic carbocycles. The first-order chi connectivity index (χ1) is 10.6. The van der Waals surface area contributed by atoms with E-state index < -0.39 is 0 Å². The average molecular weight is 323 g/mol. The maximum absolute atomic E-state index is 12.3. The summed E-state index contributed by atoms with van der Waals surface area (Å²) in [6.45, 7) is 0.557. The molecule has 2 rings (SSSR count). The van der Waals surface area contributed by atoms with E-state index in [9.17, 15) is 9.59 Å². The number of para-hydroxylation sites is 1. The molecule has 7 heteroatoms. The fraction of sp³-hybridized carbons (Fsp3) is 0.333. The van der Waals surface area contributed by atoms with Crippen molar-refractivity contribution >= 4 is 29.0 Å². The van der Waals surface area contributed by atoms with Crippen LogP contribution in [0.2, 0.25) is 0 Å². The van der Waals surface area contributed by atoms with E-state index in [4.69, 9.17) is 14.2 Å². The zero-order valence-corrected chi connectivity index (χ0v) is 13.4. The first kappa shape index (κ1) is 16.4. The average Bonchev–Trinajstić information content (AvgIpc) is 2.79. The molecule has 1 aromatic carbocycles. The van der Waals surface area contributed by atoms with E-state index in [1.165, 1.54) is 19.1 Å². The Morgan fingerprint density at radius 2 is 1.95 bits per heavy atom. The van der Waals surface area contributed by atoms with Gasteiger partial charge in [-0.1, -0.05) is 12.1 Å². The van der Waals surface area contributed by atoms with Crippen LogP contribution < -0.4 is 9.47 Å². The van der Waals surface area contributed by atoms with Crippen LogP contribution in [0, 0.1) is 0 Å². The summed E-state index contributed by atoms with van der Waals surface area (Å²) >= 11 is 0.906. The normalized spacial score (nSPS) is 16.5. The van der Waals surface area contributed by atoms with Crippen molar-refractivity contribution in [3.63, 3.8) is 0 Å². The lowest BCUT2D eigenvalue weighted by molar-refractivity contribution is -0.123. The molecule has 0 unspecified atom stereocenters. The maximum Gasteiger partial charge on any atom is 0.293 e. The summed E-state index contributed by atoms with van der Waals surface area (Å²) in [6.07, 6.45) is 1.64. The Morgan fingerprint density at radius 3 is 2.59 bits per heavy atom. The van der Waals surface area contributed by atoms with Gasteiger partial charge in [0.2, 0.25) is 0 Å². The van der Waals surface area contributed by atoms with Crippen molar-refractivity contribution in [1.29, 1.82) is 0 Å². The summed E-state index contributed by atoms with van der Waals surface area (Å²) in [7, 11) is 4.59. The van der Waals surface area contributed by atoms with Gasteiger partial charge >= 0.3 is 0 Å². The van der Waals surface area contributed by atoms with Gasteiger partial charge in [0, 0.05) is 12.7 Å². The molecular weight excluding hydrogens is 306 g/mol. The smallest absolute Gasteiger partial charge is 0.293 e. The fourth-order valence-electron chi connectivity index (χ4n) is 2.04. The van der Waals surface area contributed by atoms with E-state index in [1.54, 1.807) is 31.4 Å². The van der Waals surface area contributed by atoms with Gasteiger partial charge in [-0.25, -0.2) is 0 Å². The Kier molecular flexibility index (Phi) is 5.46. The quantitative estimate of drug-likeness (QED) is 0.749. The number of carbonyl (C=O) groups excluding carboxylic acids is 2. The van der Waals surface area contributed by atoms with Crippen molar-refractivity contribution in [3.05, 3.63) is 28.7 Å². The van der Waals surface area contributed by atoms with Gasteiger partial charge in [-0.05, 0) is 23.9 Å². The van der Waals surface area contributed by atoms with Gasteiger partial charge in [0.15, 0.2) is 11.5 Å². The van der Waals surface area contributed by atoms with Crippen LogP contribution in [-0.4, -0.2) is 50.5 Å². The number of rotatable bonds is 6. The Hall–Kier alpha value is -1.99. The summed E-state index contributed by atoms with van der Waals surface area (Å²) in [5, 5.41) is -0.296. The van der Waals surface area contributed by atoms with Gasteiger partial charge in [-0.2, -0.15) is 0 Å². The second kappa shape index (κ2) is 7.33. The lowest BCUT2D eigenvalue weighted by Crippen LogP contribution is -2.31. The van der Waals surface area contributed by atoms with Crippen LogP contribution in [0.1, 0.15) is 5.56 Å². The molecule has 1 saturated heterocycles. The van der Waals surface area contributed by atoms with Crippen molar-refractivity contribution < 1.29 is 23.8 Å². The SMILES string of the molecule is COCCN1C(=O)S/C(=C/c2cccc(OC)c2OC)C1=O. The molecule has 0 N–H and O–H groups in total. The number of thioether (sulfide) groups is 1. The third-order valence-corrected chi connectivity index (χ3v) is 4.02. The third-order valence-electron chi connectivity index (χ3n) is 3.11. The second-order valence-corrected chi connectivity index (χ2v) is 5.40. The van der Waals surface area contributed by atoms with Crippen LogP contribution in [0.5, 0.6) is 11.5 Å². The molecule has 0 radical (unpaired) electrons. The summed E-state index contributed by atoms with van der Waals surface area (Å²) in [6, 6.07) is 5.35. The molecule has 118 valence electrons. The van der Waals surface area contributed by atoms with Crippen molar-refractivity contribution in [2.24, 2.45) is 0 Å². The highest BCUT2D eigenvalue weighted by molar-refractivity contribution is 8.18. The van der Waals surface area contributed by atoms with Gasteiger partial charge in [0.05, 0.1) is 32.3 Å². The highest BCUT2D eigenvalue weighted by Gasteiger charge is 2.34. The van der Waals surface area contributed by atoms with Crippen LogP contribution in [0.25, 0.3) is 6.08 Å². The minimum absolute atomic E-state index is 0.244. The molecule has 22 heavy (non-hydrogen) atoms. The van der Waals surface area contributed by atoms with Crippen LogP contribution in [0.4, 0.5) is 4.79 Å². The predicted octanol–water partition coefficient (Wildman–Crippen LogP) is 2.39. The molecule has 0 bridgehead atoms. The Bertz CT molecular complexity index is 614. The highest BCUT2D eigenvalue weighted by atomic mass is 32.2. The number of benzene rings is 1. The number of imide groups is 1. The summed E-state index contributed by atoms with van der Waals surface area (Å²) < 4.78 is 15.5. The minimum atomic E-state index is -0.322. The molecule has 6 nitrogen and oxygen atoms in total. The standard InChI is InChI=1S/C15H17NO5S/c1-19-8-7-16-14(17)12(22-15(16)18)9-10-5-4-6-11(20-2)13(10)21-3/h4-6,9H,7-8H2,1-3H3/b12-9+. The van der Waals surface area contributed by atoms with E-state index in [1.807, 2.05) is 0 Å². The monoisotopic (exact) mass is 323 g/mol. The lowest BCUT2D eigenvalue weighted by atomic mass is 10.1. The molecule has 1 aliphatic rings. The summed E-state index contributed by atoms with van der Waals surface area (Å²) in [5.41, 5.74) is 0.680. The molecule has 1 aliphatic heterocycles. The van der Waals surface area contributed by atoms with Crippen LogP contribution in [0.3, 0.4) is 0 Å². The number of nitrogens with zero attached hydrogens (tertiary/aromatic N) is 1. The van der Waals surface area contributed by atoms with Gasteiger partial charge in [-0.15, -0.1) is 0 Å². The highest BCUT2D eigenvalue weighted by Crippen LogP contribution is 2.36. The van der Waals surface area contributed by atoms with E-state index >= 15 is 0 Å². The maximum atomic E-state index is 12.3. The zero-order chi connectivity index (χ0) is 16.1. The number of amides is 2. The number of carbonyl (C=O) groups is 2. The van der Waals surface area contributed by atoms with Gasteiger partial charge in [0.25, 0.3) is 11.1 Å². The molecule has 0 spiro atoms. The first-order valence-corrected chi connectivity index (χ1v) is 7.39. The summed E-state index contributed by atoms with van der Waals surface area (Å²) in [5.74, 6) is 0.764. The van der Waals surface area contributed by atoms with Crippen LogP contribution in [-0.2, 0) is 9.53 Å². The molecule has 2 amide bonds. The number of hydrogen-bond acceptors (Lipinski definition) is 6. The van der Waals surface area contributed by atoms with Gasteiger partial charge < -0.3 is 14.2 Å². The van der Waals surface area contributed by atoms with Gasteiger partial charge in [-0.3, -0.25) is 14.5 Å². The van der Waals surface area contributed by atoms with E-state index in [2.05, 4.69) is 0 Å².